The Hall–Kier alpha value is 0.300. The van der Waals surface area contributed by atoms with E-state index in [0.29, 0.717) is 0 Å². The van der Waals surface area contributed by atoms with E-state index >= 15 is 0 Å². The third kappa shape index (κ3) is 75500. The van der Waals surface area contributed by atoms with Gasteiger partial charge in [0.25, 0.3) is 5.97 Å². The quantitative estimate of drug-likeness (QED) is 0.109. The molecule has 0 spiro atoms. The van der Waals surface area contributed by atoms with Crippen molar-refractivity contribution in [2.75, 3.05) is 0 Å². The average Bonchev–Trinajstić information content (AvgIpc) is 1.45. The fourth-order valence-electron chi connectivity index (χ4n) is 0. The Morgan fingerprint density at radius 3 is 0.857 bits per heavy atom. The van der Waals surface area contributed by atoms with Gasteiger partial charge >= 0.3 is 40.0 Å². The molecule has 19 heteroatoms. The van der Waals surface area contributed by atoms with E-state index < -0.39 is 26.8 Å². The van der Waals surface area contributed by atoms with E-state index in [0.717, 1.165) is 6.92 Å². The van der Waals surface area contributed by atoms with E-state index in [1.54, 1.807) is 0 Å². The van der Waals surface area contributed by atoms with E-state index in [4.69, 9.17) is 44.9 Å². The minimum absolute atomic E-state index is 0. The van der Waals surface area contributed by atoms with Gasteiger partial charge < -0.3 is 40.4 Å². The van der Waals surface area contributed by atoms with Gasteiger partial charge in [-0.25, -0.2) is 8.42 Å². The molecule has 0 aromatic heterocycles. The molecule has 0 bridgehead atoms. The zero-order chi connectivity index (χ0) is 12.6. The minimum atomic E-state index is -4.92. The van der Waals surface area contributed by atoms with Gasteiger partial charge in [-0.05, 0) is 0 Å². The topological polar surface area (TPSA) is 364 Å². The Kier molecular flexibility index (Phi) is 106. The Morgan fingerprint density at radius 1 is 0.857 bits per heavy atom. The summed E-state index contributed by atoms with van der Waals surface area (Å²) in [4.78, 5) is 9.00. The van der Waals surface area contributed by atoms with E-state index in [-0.39, 0.29) is 72.7 Å². The summed E-state index contributed by atoms with van der Waals surface area (Å²) in [6.07, 6.45) is 0. The van der Waals surface area contributed by atoms with Crippen LogP contribution >= 0.6 is 12.4 Å². The fourth-order valence-corrected chi connectivity index (χ4v) is 0. The van der Waals surface area contributed by atoms with Gasteiger partial charge in [-0.2, -0.15) is 8.42 Å². The monoisotopic (exact) mass is 399 g/mol. The molecule has 0 rings (SSSR count). The van der Waals surface area contributed by atoms with Gasteiger partial charge in [0.1, 0.15) is 0 Å². The van der Waals surface area contributed by atoms with Crippen LogP contribution in [0.2, 0.25) is 0 Å². The molecule has 0 heterocycles. The minimum Gasteiger partial charge on any atom is -0.726 e. The number of carboxylic acids is 1. The van der Waals surface area contributed by atoms with Gasteiger partial charge in [0.2, 0.25) is 10.4 Å². The third-order valence-corrected chi connectivity index (χ3v) is 0. The number of rotatable bonds is 0. The first-order valence-corrected chi connectivity index (χ1v) is 5.07. The molecule has 0 aliphatic rings. The molecule has 0 fully saturated rings. The SMILES string of the molecule is CC(=O)O.Cl.N.N.N.N.N.O=S(=O)(O)O.O=S(=O)([O-])O.[Na+]. The Bertz CT molecular complexity index is 310. The van der Waals surface area contributed by atoms with Crippen LogP contribution in [-0.2, 0) is 25.6 Å². The van der Waals surface area contributed by atoms with Crippen LogP contribution in [0.1, 0.15) is 6.92 Å². The van der Waals surface area contributed by atoms with Crippen LogP contribution in [0, 0.1) is 0 Å². The number of carbonyl (C=O) groups is 1. The van der Waals surface area contributed by atoms with Gasteiger partial charge in [-0.15, -0.1) is 12.4 Å². The second-order valence-electron chi connectivity index (χ2n) is 1.39. The Balaban J connectivity index is -0.00000000930. The maximum Gasteiger partial charge on any atom is 1.00 e. The van der Waals surface area contributed by atoms with E-state index in [1.165, 1.54) is 0 Å². The second-order valence-corrected chi connectivity index (χ2v) is 3.15. The molecule has 21 heavy (non-hydrogen) atoms. The van der Waals surface area contributed by atoms with Crippen LogP contribution in [0.15, 0.2) is 0 Å². The van der Waals surface area contributed by atoms with E-state index in [9.17, 15) is 0 Å². The predicted octanol–water partition coefficient (Wildman–Crippen LogP) is -3.32. The molecule has 0 aromatic rings. The summed E-state index contributed by atoms with van der Waals surface area (Å²) in [5.74, 6) is -0.833. The smallest absolute Gasteiger partial charge is 0.726 e. The summed E-state index contributed by atoms with van der Waals surface area (Å²) in [5, 5.41) is 7.42. The van der Waals surface area contributed by atoms with Crippen molar-refractivity contribution in [1.82, 2.24) is 30.8 Å². The molecular weight excluding hydrogens is 377 g/mol. The summed E-state index contributed by atoms with van der Waals surface area (Å²) >= 11 is 0. The molecular formula is C2H23ClN5NaO10S2. The maximum absolute atomic E-state index is 9.00. The van der Waals surface area contributed by atoms with Crippen molar-refractivity contribution in [2.45, 2.75) is 6.92 Å². The fraction of sp³-hybridized carbons (Fsp3) is 0.500. The van der Waals surface area contributed by atoms with Crippen LogP contribution in [0.25, 0.3) is 0 Å². The zero-order valence-corrected chi connectivity index (χ0v) is 15.9. The number of hydrogen-bond acceptors (Lipinski definition) is 11. The second kappa shape index (κ2) is 32.3. The van der Waals surface area contributed by atoms with E-state index in [1.807, 2.05) is 0 Å². The van der Waals surface area contributed by atoms with Crippen LogP contribution < -0.4 is 60.3 Å². The molecule has 0 saturated heterocycles. The first-order chi connectivity index (χ1) is 5.73. The first kappa shape index (κ1) is 68.7. The molecule has 0 saturated carbocycles. The summed E-state index contributed by atoms with van der Waals surface area (Å²) in [7, 11) is -9.58. The van der Waals surface area contributed by atoms with Crippen molar-refractivity contribution in [2.24, 2.45) is 0 Å². The molecule has 0 unspecified atom stereocenters. The van der Waals surface area contributed by atoms with Gasteiger partial charge in [0.05, 0.1) is 0 Å². The molecule has 0 aliphatic carbocycles. The molecule has 19 N–H and O–H groups in total. The Morgan fingerprint density at radius 2 is 0.857 bits per heavy atom. The van der Waals surface area contributed by atoms with Crippen LogP contribution in [0.3, 0.4) is 0 Å². The van der Waals surface area contributed by atoms with Crippen molar-refractivity contribution in [3.05, 3.63) is 0 Å². The van der Waals surface area contributed by atoms with Crippen molar-refractivity contribution >= 4 is 39.2 Å². The molecule has 0 aromatic carbocycles. The number of carboxylic acid groups (broad SMARTS) is 1. The molecule has 15 nitrogen and oxygen atoms in total. The summed E-state index contributed by atoms with van der Waals surface area (Å²) in [6.45, 7) is 1.08. The van der Waals surface area contributed by atoms with Crippen molar-refractivity contribution in [3.63, 3.8) is 0 Å². The third-order valence-electron chi connectivity index (χ3n) is 0. The maximum atomic E-state index is 9.00. The van der Waals surface area contributed by atoms with Gasteiger partial charge in [0.15, 0.2) is 0 Å². The largest absolute Gasteiger partial charge is 1.00 e. The molecule has 0 atom stereocenters. The Labute approximate surface area is 151 Å². The summed E-state index contributed by atoms with van der Waals surface area (Å²) in [5.41, 5.74) is 0. The number of aliphatic carboxylic acids is 1. The zero-order valence-electron chi connectivity index (χ0n) is 11.5. The molecule has 0 amide bonds. The van der Waals surface area contributed by atoms with Crippen LogP contribution in [-0.4, -0.2) is 46.1 Å². The van der Waals surface area contributed by atoms with Crippen LogP contribution in [0.4, 0.5) is 0 Å². The molecule has 0 radical (unpaired) electrons. The summed E-state index contributed by atoms with van der Waals surface area (Å²) < 4.78 is 64.4. The predicted molar refractivity (Wildman–Crippen MR) is 72.2 cm³/mol. The van der Waals surface area contributed by atoms with Crippen molar-refractivity contribution in [3.8, 4) is 0 Å². The van der Waals surface area contributed by atoms with Crippen molar-refractivity contribution in [1.29, 1.82) is 0 Å². The number of halogens is 1. The van der Waals surface area contributed by atoms with Gasteiger partial charge in [0, 0.05) is 6.92 Å². The van der Waals surface area contributed by atoms with Crippen molar-refractivity contribution < 1.29 is 74.5 Å². The molecule has 136 valence electrons. The first-order valence-electron chi connectivity index (χ1n) is 2.31. The van der Waals surface area contributed by atoms with E-state index in [2.05, 4.69) is 0 Å². The summed E-state index contributed by atoms with van der Waals surface area (Å²) in [6, 6.07) is 0. The average molecular weight is 400 g/mol. The molecule has 0 aliphatic heterocycles. The van der Waals surface area contributed by atoms with Gasteiger partial charge in [-0.3, -0.25) is 18.5 Å². The van der Waals surface area contributed by atoms with Crippen LogP contribution in [0.5, 0.6) is 0 Å². The normalized spacial score (nSPS) is 6.71. The van der Waals surface area contributed by atoms with Gasteiger partial charge in [-0.1, -0.05) is 0 Å². The number of hydrogen-bond donors (Lipinski definition) is 9. The standard InChI is InChI=1S/C2H4O2.ClH.5H3N.Na.2H2O4S/c1-2(3)4;;;;;;;;2*1-5(2,3)4/h1H3,(H,3,4);1H;5*1H3;;2*(H2,1,2,3,4)/q;;;;;;;+1;;/p-1.